The second-order valence-electron chi connectivity index (χ2n) is 8.48. The van der Waals surface area contributed by atoms with Crippen LogP contribution in [0.15, 0.2) is 18.2 Å². The number of aliphatic hydroxyl groups excluding tert-OH is 1. The molecule has 1 aliphatic carbocycles. The monoisotopic (exact) mass is 406 g/mol. The SMILES string of the molecule is O=C(c1cc(Cl)ccc1OC1CCN(C2CCCC2)CC1)N1CCCC(O)C1. The van der Waals surface area contributed by atoms with Crippen LogP contribution in [0.4, 0.5) is 0 Å². The van der Waals surface area contributed by atoms with Crippen molar-refractivity contribution in [1.82, 2.24) is 9.80 Å². The summed E-state index contributed by atoms with van der Waals surface area (Å²) in [7, 11) is 0. The van der Waals surface area contributed by atoms with Gasteiger partial charge in [-0.2, -0.15) is 0 Å². The highest BCUT2D eigenvalue weighted by molar-refractivity contribution is 6.31. The number of halogens is 1. The van der Waals surface area contributed by atoms with E-state index >= 15 is 0 Å². The summed E-state index contributed by atoms with van der Waals surface area (Å²) in [6.45, 7) is 3.20. The lowest BCUT2D eigenvalue weighted by molar-refractivity contribution is 0.0460. The Balaban J connectivity index is 1.41. The summed E-state index contributed by atoms with van der Waals surface area (Å²) in [4.78, 5) is 17.4. The van der Waals surface area contributed by atoms with Gasteiger partial charge in [-0.05, 0) is 56.7 Å². The van der Waals surface area contributed by atoms with Gasteiger partial charge in [-0.15, -0.1) is 0 Å². The Bertz CT molecular complexity index is 684. The van der Waals surface area contributed by atoms with Crippen molar-refractivity contribution >= 4 is 17.5 Å². The number of rotatable bonds is 4. The zero-order valence-electron chi connectivity index (χ0n) is 16.5. The fourth-order valence-electron chi connectivity index (χ4n) is 4.89. The summed E-state index contributed by atoms with van der Waals surface area (Å²) in [6.07, 6.45) is 8.66. The van der Waals surface area contributed by atoms with Crippen molar-refractivity contribution in [2.75, 3.05) is 26.2 Å². The number of hydrogen-bond acceptors (Lipinski definition) is 4. The summed E-state index contributed by atoms with van der Waals surface area (Å²) in [5, 5.41) is 10.5. The molecule has 1 aromatic rings. The number of nitrogens with zero attached hydrogens (tertiary/aromatic N) is 2. The lowest BCUT2D eigenvalue weighted by Gasteiger charge is -2.36. The van der Waals surface area contributed by atoms with E-state index in [1.807, 2.05) is 6.07 Å². The van der Waals surface area contributed by atoms with Crippen LogP contribution in [-0.4, -0.2) is 65.2 Å². The third-order valence-electron chi connectivity index (χ3n) is 6.47. The summed E-state index contributed by atoms with van der Waals surface area (Å²) in [5.41, 5.74) is 0.514. The fraction of sp³-hybridized carbons (Fsp3) is 0.682. The van der Waals surface area contributed by atoms with Crippen molar-refractivity contribution in [2.24, 2.45) is 0 Å². The van der Waals surface area contributed by atoms with Crippen molar-refractivity contribution in [3.05, 3.63) is 28.8 Å². The summed E-state index contributed by atoms with van der Waals surface area (Å²) < 4.78 is 6.30. The number of carbonyl (C=O) groups is 1. The molecule has 1 atom stereocenters. The maximum Gasteiger partial charge on any atom is 0.257 e. The minimum absolute atomic E-state index is 0.0976. The van der Waals surface area contributed by atoms with E-state index in [4.69, 9.17) is 16.3 Å². The highest BCUT2D eigenvalue weighted by atomic mass is 35.5. The van der Waals surface area contributed by atoms with Crippen LogP contribution >= 0.6 is 11.6 Å². The Morgan fingerprint density at radius 1 is 1.04 bits per heavy atom. The maximum absolute atomic E-state index is 13.1. The lowest BCUT2D eigenvalue weighted by atomic mass is 10.0. The first kappa shape index (κ1) is 20.0. The van der Waals surface area contributed by atoms with Crippen molar-refractivity contribution in [2.45, 2.75) is 69.6 Å². The van der Waals surface area contributed by atoms with Gasteiger partial charge in [0.25, 0.3) is 5.91 Å². The number of β-amino-alcohol motifs (C(OH)–C–C–N with tert-alkyl or cyclic N) is 1. The number of likely N-dealkylation sites (tertiary alicyclic amines) is 2. The molecule has 2 heterocycles. The third kappa shape index (κ3) is 4.64. The molecule has 1 unspecified atom stereocenters. The Kier molecular flexibility index (Phi) is 6.44. The molecule has 4 rings (SSSR count). The number of carbonyl (C=O) groups excluding carboxylic acids is 1. The van der Waals surface area contributed by atoms with Gasteiger partial charge in [0.05, 0.1) is 11.7 Å². The molecule has 6 heteroatoms. The van der Waals surface area contributed by atoms with E-state index < -0.39 is 6.10 Å². The molecule has 0 aromatic heterocycles. The maximum atomic E-state index is 13.1. The van der Waals surface area contributed by atoms with E-state index in [0.717, 1.165) is 44.8 Å². The second-order valence-corrected chi connectivity index (χ2v) is 8.92. The van der Waals surface area contributed by atoms with Gasteiger partial charge in [0.1, 0.15) is 11.9 Å². The summed E-state index contributed by atoms with van der Waals surface area (Å²) >= 11 is 6.18. The van der Waals surface area contributed by atoms with Crippen LogP contribution < -0.4 is 4.74 Å². The molecule has 1 amide bonds. The van der Waals surface area contributed by atoms with E-state index in [-0.39, 0.29) is 12.0 Å². The van der Waals surface area contributed by atoms with E-state index in [1.165, 1.54) is 25.7 Å². The molecule has 154 valence electrons. The highest BCUT2D eigenvalue weighted by Crippen LogP contribution is 2.30. The molecule has 3 aliphatic rings. The Hall–Kier alpha value is -1.30. The number of amides is 1. The zero-order valence-corrected chi connectivity index (χ0v) is 17.2. The number of aliphatic hydroxyl groups is 1. The molecule has 0 radical (unpaired) electrons. The van der Waals surface area contributed by atoms with Crippen LogP contribution in [0.25, 0.3) is 0 Å². The smallest absolute Gasteiger partial charge is 0.257 e. The minimum atomic E-state index is -0.443. The number of ether oxygens (including phenoxy) is 1. The van der Waals surface area contributed by atoms with E-state index in [2.05, 4.69) is 4.90 Å². The molecule has 2 saturated heterocycles. The number of benzene rings is 1. The first-order valence-electron chi connectivity index (χ1n) is 10.8. The molecule has 1 saturated carbocycles. The van der Waals surface area contributed by atoms with Crippen LogP contribution in [-0.2, 0) is 0 Å². The average Bonchev–Trinajstić information content (AvgIpc) is 3.24. The second kappa shape index (κ2) is 9.02. The Morgan fingerprint density at radius 3 is 2.50 bits per heavy atom. The van der Waals surface area contributed by atoms with Gasteiger partial charge in [0.15, 0.2) is 0 Å². The first-order chi connectivity index (χ1) is 13.6. The van der Waals surface area contributed by atoms with Gasteiger partial charge in [-0.3, -0.25) is 4.79 Å². The molecule has 3 fully saturated rings. The van der Waals surface area contributed by atoms with Crippen LogP contribution in [0.5, 0.6) is 5.75 Å². The van der Waals surface area contributed by atoms with Crippen LogP contribution in [0.2, 0.25) is 5.02 Å². The van der Waals surface area contributed by atoms with Gasteiger partial charge >= 0.3 is 0 Å². The van der Waals surface area contributed by atoms with E-state index in [0.29, 0.717) is 29.4 Å². The van der Waals surface area contributed by atoms with Crippen molar-refractivity contribution < 1.29 is 14.6 Å². The van der Waals surface area contributed by atoms with Crippen molar-refractivity contribution in [1.29, 1.82) is 0 Å². The van der Waals surface area contributed by atoms with Gasteiger partial charge in [-0.25, -0.2) is 0 Å². The van der Waals surface area contributed by atoms with Crippen LogP contribution in [0.3, 0.4) is 0 Å². The largest absolute Gasteiger partial charge is 0.489 e. The van der Waals surface area contributed by atoms with Crippen molar-refractivity contribution in [3.63, 3.8) is 0 Å². The molecule has 1 N–H and O–H groups in total. The molecule has 2 aliphatic heterocycles. The molecule has 1 aromatic carbocycles. The van der Waals surface area contributed by atoms with Crippen LogP contribution in [0.1, 0.15) is 61.7 Å². The van der Waals surface area contributed by atoms with Gasteiger partial charge in [0.2, 0.25) is 0 Å². The molecular weight excluding hydrogens is 376 g/mol. The predicted molar refractivity (Wildman–Crippen MR) is 110 cm³/mol. The fourth-order valence-corrected chi connectivity index (χ4v) is 5.06. The molecule has 0 bridgehead atoms. The molecular formula is C22H31ClN2O3. The van der Waals surface area contributed by atoms with Gasteiger partial charge in [-0.1, -0.05) is 24.4 Å². The van der Waals surface area contributed by atoms with Gasteiger partial charge < -0.3 is 19.6 Å². The normalized spacial score (nSPS) is 25.2. The molecule has 5 nitrogen and oxygen atoms in total. The summed E-state index contributed by atoms with van der Waals surface area (Å²) in [6, 6.07) is 6.07. The number of piperidine rings is 2. The number of hydrogen-bond donors (Lipinski definition) is 1. The first-order valence-corrected chi connectivity index (χ1v) is 11.2. The zero-order chi connectivity index (χ0) is 19.5. The molecule has 28 heavy (non-hydrogen) atoms. The predicted octanol–water partition coefficient (Wildman–Crippen LogP) is 3.72. The van der Waals surface area contributed by atoms with E-state index in [1.54, 1.807) is 17.0 Å². The Labute approximate surface area is 172 Å². The standard InChI is InChI=1S/C22H31ClN2O3/c23-16-7-8-21(20(14-16)22(27)25-11-3-6-18(26)15-25)28-19-9-12-24(13-10-19)17-4-1-2-5-17/h7-8,14,17-19,26H,1-6,9-13,15H2. The topological polar surface area (TPSA) is 53.0 Å². The quantitative estimate of drug-likeness (QED) is 0.827. The van der Waals surface area contributed by atoms with Crippen LogP contribution in [0, 0.1) is 0 Å². The van der Waals surface area contributed by atoms with E-state index in [9.17, 15) is 9.90 Å². The minimum Gasteiger partial charge on any atom is -0.489 e. The Morgan fingerprint density at radius 2 is 1.79 bits per heavy atom. The third-order valence-corrected chi connectivity index (χ3v) is 6.70. The highest BCUT2D eigenvalue weighted by Gasteiger charge is 2.30. The van der Waals surface area contributed by atoms with Gasteiger partial charge in [0, 0.05) is 37.2 Å². The average molecular weight is 407 g/mol. The summed E-state index contributed by atoms with van der Waals surface area (Å²) in [5.74, 6) is 0.522. The lowest BCUT2D eigenvalue weighted by Crippen LogP contribution is -2.43. The van der Waals surface area contributed by atoms with Crippen molar-refractivity contribution in [3.8, 4) is 5.75 Å². The molecule has 0 spiro atoms.